The van der Waals surface area contributed by atoms with E-state index in [9.17, 15) is 42.3 Å². The van der Waals surface area contributed by atoms with Crippen LogP contribution >= 0.6 is 0 Å². The van der Waals surface area contributed by atoms with Crippen LogP contribution in [0.25, 0.3) is 0 Å². The summed E-state index contributed by atoms with van der Waals surface area (Å²) in [6, 6.07) is 3.15. The van der Waals surface area contributed by atoms with Gasteiger partial charge in [0.2, 0.25) is 23.5 Å². The minimum atomic E-state index is -4.43. The zero-order valence-corrected chi connectivity index (χ0v) is 33.2. The van der Waals surface area contributed by atoms with Crippen molar-refractivity contribution in [3.05, 3.63) is 59.7 Å². The summed E-state index contributed by atoms with van der Waals surface area (Å²) >= 11 is 0. The quantitative estimate of drug-likeness (QED) is 0.114. The van der Waals surface area contributed by atoms with E-state index in [0.29, 0.717) is 0 Å². The molecule has 0 spiro atoms. The summed E-state index contributed by atoms with van der Waals surface area (Å²) in [5, 5.41) is 12.7. The van der Waals surface area contributed by atoms with Gasteiger partial charge >= 0.3 is 5.92 Å². The zero-order chi connectivity index (χ0) is 42.3. The Balaban J connectivity index is 0.000000743. The van der Waals surface area contributed by atoms with E-state index in [1.807, 2.05) is 5.32 Å². The predicted octanol–water partition coefficient (Wildman–Crippen LogP) is 1.47. The van der Waals surface area contributed by atoms with Gasteiger partial charge in [0.05, 0.1) is 18.8 Å². The Kier molecular flexibility index (Phi) is 17.6. The molecule has 1 aromatic carbocycles. The van der Waals surface area contributed by atoms with Gasteiger partial charge in [0.15, 0.2) is 0 Å². The average molecular weight is 801 g/mol. The van der Waals surface area contributed by atoms with Gasteiger partial charge in [-0.25, -0.2) is 4.98 Å². The molecule has 3 heterocycles. The molecule has 2 aromatic rings. The van der Waals surface area contributed by atoms with E-state index >= 15 is 0 Å². The van der Waals surface area contributed by atoms with Crippen LogP contribution < -0.4 is 26.6 Å². The van der Waals surface area contributed by atoms with Crippen molar-refractivity contribution in [3.8, 4) is 0 Å². The third kappa shape index (κ3) is 12.6. The number of halogens is 2. The second-order valence-electron chi connectivity index (χ2n) is 14.5. The molecule has 16 nitrogen and oxygen atoms in total. The van der Waals surface area contributed by atoms with Crippen LogP contribution in [0.1, 0.15) is 82.4 Å². The predicted molar refractivity (Wildman–Crippen MR) is 203 cm³/mol. The van der Waals surface area contributed by atoms with Crippen molar-refractivity contribution in [1.29, 1.82) is 0 Å². The molecule has 0 radical (unpaired) electrons. The topological polar surface area (TPSA) is 218 Å². The Morgan fingerprint density at radius 2 is 1.67 bits per heavy atom. The molecule has 0 bridgehead atoms. The van der Waals surface area contributed by atoms with Gasteiger partial charge in [0.25, 0.3) is 18.3 Å². The first-order valence-corrected chi connectivity index (χ1v) is 19.1. The number of nitrogens with zero attached hydrogens (tertiary/aromatic N) is 3. The molecule has 2 aliphatic heterocycles. The SMILES string of the molecule is CCC[C@H](NC(=O)[C@@H]1C[C@@H](OC=O)CN1C(=O)[C@@H](NC(=O)[C@@H](NC(=O)c1cnccn1)C(C)C)C(C)C)C(=O)C(F)(F)C(=O)NCC.c1ccc2c(c1)CCNC2. The molecule has 5 amide bonds. The van der Waals surface area contributed by atoms with E-state index in [1.54, 1.807) is 34.6 Å². The number of alkyl halides is 2. The number of ether oxygens (including phenoxy) is 1. The van der Waals surface area contributed by atoms with Gasteiger partial charge < -0.3 is 36.2 Å². The van der Waals surface area contributed by atoms with Crippen LogP contribution in [0.4, 0.5) is 8.78 Å². The van der Waals surface area contributed by atoms with Crippen LogP contribution in [-0.2, 0) is 46.5 Å². The average Bonchev–Trinajstić information content (AvgIpc) is 3.62. The lowest BCUT2D eigenvalue weighted by Gasteiger charge is -2.32. The number of fused-ring (bicyclic) bond motifs is 1. The van der Waals surface area contributed by atoms with Crippen molar-refractivity contribution in [2.45, 2.75) is 110 Å². The molecule has 4 rings (SSSR count). The largest absolute Gasteiger partial charge is 0.463 e. The van der Waals surface area contributed by atoms with Gasteiger partial charge in [-0.3, -0.25) is 38.5 Å². The highest BCUT2D eigenvalue weighted by molar-refractivity contribution is 6.10. The molecule has 312 valence electrons. The summed E-state index contributed by atoms with van der Waals surface area (Å²) in [5.74, 6) is -12.1. The van der Waals surface area contributed by atoms with Gasteiger partial charge in [0.1, 0.15) is 29.9 Å². The fourth-order valence-corrected chi connectivity index (χ4v) is 6.42. The van der Waals surface area contributed by atoms with Gasteiger partial charge in [0, 0.05) is 31.9 Å². The molecule has 18 heteroatoms. The monoisotopic (exact) mass is 800 g/mol. The van der Waals surface area contributed by atoms with Crippen LogP contribution in [0.5, 0.6) is 0 Å². The number of nitrogens with one attached hydrogen (secondary N) is 5. The van der Waals surface area contributed by atoms with E-state index < -0.39 is 83.3 Å². The number of likely N-dealkylation sites (tertiary alicyclic amines) is 1. The molecule has 0 aliphatic carbocycles. The molecular formula is C39H54F2N8O8. The van der Waals surface area contributed by atoms with Crippen molar-refractivity contribution in [3.63, 3.8) is 0 Å². The summed E-state index contributed by atoms with van der Waals surface area (Å²) in [4.78, 5) is 98.1. The minimum Gasteiger partial charge on any atom is -0.463 e. The summed E-state index contributed by atoms with van der Waals surface area (Å²) in [7, 11) is 0. The minimum absolute atomic E-state index is 0.0295. The number of amides is 5. The van der Waals surface area contributed by atoms with Crippen LogP contribution in [0.15, 0.2) is 42.9 Å². The Bertz CT molecular complexity index is 1690. The second-order valence-corrected chi connectivity index (χ2v) is 14.5. The van der Waals surface area contributed by atoms with Crippen LogP contribution in [0, 0.1) is 11.8 Å². The number of ketones is 1. The Morgan fingerprint density at radius 3 is 2.25 bits per heavy atom. The molecule has 2 aliphatic rings. The highest BCUT2D eigenvalue weighted by atomic mass is 19.3. The normalized spacial score (nSPS) is 17.8. The number of benzene rings is 1. The van der Waals surface area contributed by atoms with Crippen LogP contribution in [-0.4, -0.2) is 112 Å². The van der Waals surface area contributed by atoms with Gasteiger partial charge in [-0.2, -0.15) is 8.78 Å². The Labute approximate surface area is 331 Å². The standard InChI is InChI=1S/C30H43F2N7O8.C9H11N/c1-7-9-19(24(41)30(31,32)29(46)34-8-2)36-26(43)21-12-18(47-15-40)14-39(21)28(45)23(17(5)6)38-27(44)22(16(3)4)37-25(42)20-13-33-10-11-35-20;1-2-4-9-7-10-6-5-8(9)3-1/h10-11,13,15-19,21-23H,7-9,12,14H2,1-6H3,(H,34,46)(H,36,43)(H,37,42)(H,38,44);1-4,10H,5-7H2/t18-,19+,21+,22+,23+;/m1./s1. The van der Waals surface area contributed by atoms with Crippen molar-refractivity contribution < 1.29 is 47.1 Å². The Hall–Kier alpha value is -5.39. The molecule has 1 aromatic heterocycles. The molecule has 0 unspecified atom stereocenters. The lowest BCUT2D eigenvalue weighted by atomic mass is 9.98. The fraction of sp³-hybridized carbons (Fsp3) is 0.564. The molecular weight excluding hydrogens is 746 g/mol. The number of carbonyl (C=O) groups excluding carboxylic acids is 7. The number of aromatic nitrogens is 2. The van der Waals surface area contributed by atoms with Crippen molar-refractivity contribution >= 4 is 41.8 Å². The first-order valence-electron chi connectivity index (χ1n) is 19.1. The summed E-state index contributed by atoms with van der Waals surface area (Å²) in [6.07, 6.45) is 3.89. The number of hydrogen-bond acceptors (Lipinski definition) is 11. The molecule has 1 saturated heterocycles. The van der Waals surface area contributed by atoms with E-state index in [1.165, 1.54) is 43.1 Å². The lowest BCUT2D eigenvalue weighted by Crippen LogP contribution is -2.60. The molecule has 5 atom stereocenters. The summed E-state index contributed by atoms with van der Waals surface area (Å²) < 4.78 is 34.4. The van der Waals surface area contributed by atoms with Crippen LogP contribution in [0.3, 0.4) is 0 Å². The van der Waals surface area contributed by atoms with E-state index in [0.717, 1.165) is 18.0 Å². The summed E-state index contributed by atoms with van der Waals surface area (Å²) in [5.41, 5.74) is 2.95. The van der Waals surface area contributed by atoms with Crippen molar-refractivity contribution in [2.75, 3.05) is 19.6 Å². The van der Waals surface area contributed by atoms with Gasteiger partial charge in [-0.05, 0) is 49.3 Å². The van der Waals surface area contributed by atoms with Gasteiger partial charge in [-0.15, -0.1) is 0 Å². The van der Waals surface area contributed by atoms with Gasteiger partial charge in [-0.1, -0.05) is 65.3 Å². The smallest absolute Gasteiger partial charge is 0.383 e. The maximum absolute atomic E-state index is 14.7. The van der Waals surface area contributed by atoms with Crippen molar-refractivity contribution in [2.24, 2.45) is 11.8 Å². The number of rotatable bonds is 17. The van der Waals surface area contributed by atoms with E-state index in [2.05, 4.69) is 55.5 Å². The maximum atomic E-state index is 14.7. The lowest BCUT2D eigenvalue weighted by molar-refractivity contribution is -0.160. The second kappa shape index (κ2) is 21.8. The first-order chi connectivity index (χ1) is 27.1. The first kappa shape index (κ1) is 46.0. The molecule has 57 heavy (non-hydrogen) atoms. The molecule has 5 N–H and O–H groups in total. The molecule has 0 saturated carbocycles. The highest BCUT2D eigenvalue weighted by Crippen LogP contribution is 2.25. The third-order valence-electron chi connectivity index (χ3n) is 9.51. The number of carbonyl (C=O) groups is 7. The Morgan fingerprint density at radius 1 is 0.982 bits per heavy atom. The van der Waals surface area contributed by atoms with Crippen molar-refractivity contribution in [1.82, 2.24) is 41.5 Å². The third-order valence-corrected chi connectivity index (χ3v) is 9.51. The maximum Gasteiger partial charge on any atom is 0.383 e. The summed E-state index contributed by atoms with van der Waals surface area (Å²) in [6.45, 7) is 11.5. The van der Waals surface area contributed by atoms with E-state index in [-0.39, 0.29) is 44.5 Å². The molecule has 1 fully saturated rings. The zero-order valence-electron chi connectivity index (χ0n) is 33.2. The van der Waals surface area contributed by atoms with E-state index in [4.69, 9.17) is 4.74 Å². The van der Waals surface area contributed by atoms with Crippen LogP contribution in [0.2, 0.25) is 0 Å². The highest BCUT2D eigenvalue weighted by Gasteiger charge is 2.51. The fourth-order valence-electron chi connectivity index (χ4n) is 6.42. The number of Topliss-reactive ketones (excluding diaryl/α,β-unsaturated/α-hetero) is 1. The number of hydrogen-bond donors (Lipinski definition) is 5.